The van der Waals surface area contributed by atoms with Gasteiger partial charge < -0.3 is 9.84 Å². The zero-order chi connectivity index (χ0) is 13.0. The number of aromatic nitrogens is 2. The summed E-state index contributed by atoms with van der Waals surface area (Å²) in [6.45, 7) is 4.47. The lowest BCUT2D eigenvalue weighted by Gasteiger charge is -2.09. The predicted octanol–water partition coefficient (Wildman–Crippen LogP) is 2.34. The molecule has 4 nitrogen and oxygen atoms in total. The van der Waals surface area contributed by atoms with E-state index in [0.717, 1.165) is 22.6 Å². The molecule has 0 spiro atoms. The summed E-state index contributed by atoms with van der Waals surface area (Å²) in [6, 6.07) is 7.75. The highest BCUT2D eigenvalue weighted by atomic mass is 16.5. The van der Waals surface area contributed by atoms with Crippen molar-refractivity contribution in [2.75, 3.05) is 6.61 Å². The van der Waals surface area contributed by atoms with Crippen LogP contribution in [0.3, 0.4) is 0 Å². The summed E-state index contributed by atoms with van der Waals surface area (Å²) in [7, 11) is 0. The average Bonchev–Trinajstić information content (AvgIpc) is 2.41. The molecule has 0 fully saturated rings. The van der Waals surface area contributed by atoms with Crippen molar-refractivity contribution >= 4 is 0 Å². The van der Waals surface area contributed by atoms with Crippen LogP contribution in [-0.4, -0.2) is 21.7 Å². The van der Waals surface area contributed by atoms with Crippen molar-refractivity contribution in [2.24, 2.45) is 0 Å². The lowest BCUT2D eigenvalue weighted by atomic mass is 10.1. The van der Waals surface area contributed by atoms with Crippen LogP contribution in [0.2, 0.25) is 0 Å². The number of aliphatic hydroxyl groups is 1. The summed E-state index contributed by atoms with van der Waals surface area (Å²) in [4.78, 5) is 8.24. The molecule has 0 saturated carbocycles. The van der Waals surface area contributed by atoms with E-state index in [0.29, 0.717) is 12.4 Å². The second-order valence-electron chi connectivity index (χ2n) is 3.93. The summed E-state index contributed by atoms with van der Waals surface area (Å²) in [6.07, 6.45) is 1.65. The first kappa shape index (κ1) is 12.5. The molecule has 1 aromatic heterocycles. The molecule has 0 bridgehead atoms. The fourth-order valence-corrected chi connectivity index (χ4v) is 1.76. The fraction of sp³-hybridized carbons (Fsp3) is 0.286. The lowest BCUT2D eigenvalue weighted by molar-refractivity contribution is 0.271. The van der Waals surface area contributed by atoms with Crippen molar-refractivity contribution in [1.29, 1.82) is 0 Å². The van der Waals surface area contributed by atoms with Gasteiger partial charge in [-0.3, -0.25) is 0 Å². The van der Waals surface area contributed by atoms with Gasteiger partial charge in [0.25, 0.3) is 0 Å². The van der Waals surface area contributed by atoms with Gasteiger partial charge in [0.05, 0.1) is 12.3 Å². The second-order valence-corrected chi connectivity index (χ2v) is 3.93. The molecule has 1 N–H and O–H groups in total. The van der Waals surface area contributed by atoms with Crippen LogP contribution < -0.4 is 4.74 Å². The number of aryl methyl sites for hydroxylation is 1. The van der Waals surface area contributed by atoms with Gasteiger partial charge in [-0.2, -0.15) is 0 Å². The Labute approximate surface area is 106 Å². The highest BCUT2D eigenvalue weighted by molar-refractivity contribution is 5.61. The second kappa shape index (κ2) is 5.60. The molecule has 0 aliphatic heterocycles. The molecule has 0 radical (unpaired) electrons. The third kappa shape index (κ3) is 2.65. The molecule has 2 rings (SSSR count). The molecule has 0 atom stereocenters. The van der Waals surface area contributed by atoms with Crippen molar-refractivity contribution in [2.45, 2.75) is 20.5 Å². The molecule has 4 heteroatoms. The van der Waals surface area contributed by atoms with Gasteiger partial charge in [-0.15, -0.1) is 0 Å². The number of hydrogen-bond acceptors (Lipinski definition) is 4. The first-order chi connectivity index (χ1) is 8.74. The Bertz CT molecular complexity index is 541. The van der Waals surface area contributed by atoms with E-state index in [4.69, 9.17) is 9.84 Å². The highest BCUT2D eigenvalue weighted by Gasteiger charge is 2.05. The van der Waals surface area contributed by atoms with E-state index in [9.17, 15) is 0 Å². The van der Waals surface area contributed by atoms with Crippen LogP contribution in [0.4, 0.5) is 0 Å². The standard InChI is InChI=1S/C14H16N2O2/c1-3-18-13-5-4-11(8-10(13)2)12-6-7-15-14(9-17)16-12/h4-8,17H,3,9H2,1-2H3. The van der Waals surface area contributed by atoms with Gasteiger partial charge in [-0.05, 0) is 43.7 Å². The van der Waals surface area contributed by atoms with Crippen molar-refractivity contribution in [1.82, 2.24) is 9.97 Å². The van der Waals surface area contributed by atoms with E-state index >= 15 is 0 Å². The Hall–Kier alpha value is -1.94. The van der Waals surface area contributed by atoms with E-state index < -0.39 is 0 Å². The average molecular weight is 244 g/mol. The normalized spacial score (nSPS) is 10.4. The van der Waals surface area contributed by atoms with Gasteiger partial charge in [0, 0.05) is 11.8 Å². The monoisotopic (exact) mass is 244 g/mol. The molecule has 1 aromatic carbocycles. The summed E-state index contributed by atoms with van der Waals surface area (Å²) in [5.41, 5.74) is 2.87. The minimum Gasteiger partial charge on any atom is -0.494 e. The molecule has 2 aromatic rings. The maximum Gasteiger partial charge on any atom is 0.154 e. The highest BCUT2D eigenvalue weighted by Crippen LogP contribution is 2.24. The van der Waals surface area contributed by atoms with Crippen molar-refractivity contribution in [3.05, 3.63) is 41.9 Å². The van der Waals surface area contributed by atoms with Gasteiger partial charge in [-0.1, -0.05) is 0 Å². The fourth-order valence-electron chi connectivity index (χ4n) is 1.76. The zero-order valence-electron chi connectivity index (χ0n) is 10.6. The van der Waals surface area contributed by atoms with Crippen LogP contribution in [0.25, 0.3) is 11.3 Å². The molecule has 0 aliphatic carbocycles. The van der Waals surface area contributed by atoms with Crippen LogP contribution >= 0.6 is 0 Å². The molecule has 0 amide bonds. The van der Waals surface area contributed by atoms with Gasteiger partial charge in [0.1, 0.15) is 12.4 Å². The van der Waals surface area contributed by atoms with E-state index in [1.165, 1.54) is 0 Å². The maximum absolute atomic E-state index is 9.03. The molecule has 0 saturated heterocycles. The summed E-state index contributed by atoms with van der Waals surface area (Å²) >= 11 is 0. The van der Waals surface area contributed by atoms with Crippen LogP contribution in [0.15, 0.2) is 30.5 Å². The predicted molar refractivity (Wildman–Crippen MR) is 69.3 cm³/mol. The summed E-state index contributed by atoms with van der Waals surface area (Å²) in [5.74, 6) is 1.32. The summed E-state index contributed by atoms with van der Waals surface area (Å²) in [5, 5.41) is 9.03. The SMILES string of the molecule is CCOc1ccc(-c2ccnc(CO)n2)cc1C. The van der Waals surface area contributed by atoms with Crippen LogP contribution in [0.1, 0.15) is 18.3 Å². The number of nitrogens with zero attached hydrogens (tertiary/aromatic N) is 2. The van der Waals surface area contributed by atoms with E-state index in [-0.39, 0.29) is 6.61 Å². The van der Waals surface area contributed by atoms with Crippen LogP contribution in [0.5, 0.6) is 5.75 Å². The molecule has 0 unspecified atom stereocenters. The Kier molecular flexibility index (Phi) is 3.89. The van der Waals surface area contributed by atoms with E-state index in [1.807, 2.05) is 38.1 Å². The van der Waals surface area contributed by atoms with Crippen molar-refractivity contribution < 1.29 is 9.84 Å². The Morgan fingerprint density at radius 2 is 2.11 bits per heavy atom. The van der Waals surface area contributed by atoms with Crippen molar-refractivity contribution in [3.63, 3.8) is 0 Å². The number of aliphatic hydroxyl groups excluding tert-OH is 1. The van der Waals surface area contributed by atoms with Crippen LogP contribution in [-0.2, 0) is 6.61 Å². The Morgan fingerprint density at radius 1 is 1.28 bits per heavy atom. The molecule has 94 valence electrons. The molecule has 1 heterocycles. The van der Waals surface area contributed by atoms with Gasteiger partial charge in [0.2, 0.25) is 0 Å². The van der Waals surface area contributed by atoms with Crippen molar-refractivity contribution in [3.8, 4) is 17.0 Å². The number of benzene rings is 1. The number of ether oxygens (including phenoxy) is 1. The minimum absolute atomic E-state index is 0.149. The Balaban J connectivity index is 2.35. The topological polar surface area (TPSA) is 55.2 Å². The summed E-state index contributed by atoms with van der Waals surface area (Å²) < 4.78 is 5.50. The zero-order valence-corrected chi connectivity index (χ0v) is 10.6. The smallest absolute Gasteiger partial charge is 0.154 e. The third-order valence-corrected chi connectivity index (χ3v) is 2.62. The first-order valence-electron chi connectivity index (χ1n) is 5.91. The third-order valence-electron chi connectivity index (χ3n) is 2.62. The largest absolute Gasteiger partial charge is 0.494 e. The molecular weight excluding hydrogens is 228 g/mol. The molecular formula is C14H16N2O2. The molecule has 18 heavy (non-hydrogen) atoms. The maximum atomic E-state index is 9.03. The molecule has 0 aliphatic rings. The Morgan fingerprint density at radius 3 is 2.78 bits per heavy atom. The minimum atomic E-state index is -0.149. The number of rotatable bonds is 4. The van der Waals surface area contributed by atoms with E-state index in [1.54, 1.807) is 6.20 Å². The quantitative estimate of drug-likeness (QED) is 0.897. The van der Waals surface area contributed by atoms with Gasteiger partial charge >= 0.3 is 0 Å². The lowest BCUT2D eigenvalue weighted by Crippen LogP contribution is -1.97. The van der Waals surface area contributed by atoms with Gasteiger partial charge in [0.15, 0.2) is 5.82 Å². The number of hydrogen-bond donors (Lipinski definition) is 1. The van der Waals surface area contributed by atoms with Crippen LogP contribution in [0, 0.1) is 6.92 Å². The van der Waals surface area contributed by atoms with Gasteiger partial charge in [-0.25, -0.2) is 9.97 Å². The first-order valence-corrected chi connectivity index (χ1v) is 5.91. The van der Waals surface area contributed by atoms with E-state index in [2.05, 4.69) is 9.97 Å².